The van der Waals surface area contributed by atoms with Crippen LogP contribution in [-0.2, 0) is 21.1 Å². The lowest BCUT2D eigenvalue weighted by Gasteiger charge is -2.10. The molecular weight excluding hydrogens is 294 g/mol. The third-order valence-electron chi connectivity index (χ3n) is 2.92. The highest BCUT2D eigenvalue weighted by Gasteiger charge is 2.23. The number of aromatic nitrogens is 3. The molecule has 7 nitrogen and oxygen atoms in total. The Morgan fingerprint density at radius 2 is 1.95 bits per heavy atom. The highest BCUT2D eigenvalue weighted by molar-refractivity contribution is 7.91. The van der Waals surface area contributed by atoms with Crippen molar-refractivity contribution in [3.63, 3.8) is 0 Å². The predicted molar refractivity (Wildman–Crippen MR) is 79.0 cm³/mol. The molecule has 0 spiro atoms. The quantitative estimate of drug-likeness (QED) is 0.673. The first-order chi connectivity index (χ1) is 9.82. The van der Waals surface area contributed by atoms with Gasteiger partial charge in [-0.1, -0.05) is 26.0 Å². The first-order valence-electron chi connectivity index (χ1n) is 7.13. The highest BCUT2D eigenvalue weighted by atomic mass is 32.2. The molecule has 0 aliphatic rings. The average Bonchev–Trinajstić information content (AvgIpc) is 2.80. The second-order valence-corrected chi connectivity index (χ2v) is 7.38. The van der Waals surface area contributed by atoms with Crippen molar-refractivity contribution in [1.82, 2.24) is 15.0 Å². The van der Waals surface area contributed by atoms with Crippen molar-refractivity contribution in [3.05, 3.63) is 11.4 Å². The van der Waals surface area contributed by atoms with E-state index in [4.69, 9.17) is 4.74 Å². The number of aryl methyl sites for hydroxylation is 1. The molecule has 21 heavy (non-hydrogen) atoms. The lowest BCUT2D eigenvalue weighted by Crippen LogP contribution is -2.19. The second-order valence-electron chi connectivity index (χ2n) is 5.07. The van der Waals surface area contributed by atoms with Crippen LogP contribution < -0.4 is 0 Å². The minimum absolute atomic E-state index is 0.00622. The Labute approximate surface area is 125 Å². The molecule has 1 aromatic heterocycles. The number of hydrogen-bond acceptors (Lipinski definition) is 6. The fraction of sp³-hybridized carbons (Fsp3) is 0.769. The van der Waals surface area contributed by atoms with Crippen molar-refractivity contribution in [3.8, 4) is 0 Å². The molecule has 0 saturated heterocycles. The van der Waals surface area contributed by atoms with E-state index in [-0.39, 0.29) is 36.3 Å². The van der Waals surface area contributed by atoms with E-state index in [0.717, 1.165) is 0 Å². The van der Waals surface area contributed by atoms with E-state index in [0.29, 0.717) is 12.1 Å². The number of nitrogens with zero attached hydrogens (tertiary/aromatic N) is 3. The fourth-order valence-corrected chi connectivity index (χ4v) is 3.32. The van der Waals surface area contributed by atoms with Gasteiger partial charge in [-0.3, -0.25) is 0 Å². The van der Waals surface area contributed by atoms with Crippen molar-refractivity contribution < 1.29 is 17.9 Å². The summed E-state index contributed by atoms with van der Waals surface area (Å²) in [6, 6.07) is 0. The zero-order valence-electron chi connectivity index (χ0n) is 13.0. The number of rotatable bonds is 8. The summed E-state index contributed by atoms with van der Waals surface area (Å²) in [5.74, 6) is -0.382. The SMILES string of the molecule is CCCS(=O)(=O)CCn1nnc(C(=O)OCC)c1C(C)C. The van der Waals surface area contributed by atoms with Gasteiger partial charge in [0.2, 0.25) is 0 Å². The molecular formula is C13H23N3O4S. The molecule has 0 aliphatic carbocycles. The Kier molecular flexibility index (Phi) is 6.32. The summed E-state index contributed by atoms with van der Waals surface area (Å²) in [4.78, 5) is 11.8. The Morgan fingerprint density at radius 1 is 1.29 bits per heavy atom. The number of carbonyl (C=O) groups excluding carboxylic acids is 1. The van der Waals surface area contributed by atoms with Gasteiger partial charge in [0.1, 0.15) is 0 Å². The highest BCUT2D eigenvalue weighted by Crippen LogP contribution is 2.18. The van der Waals surface area contributed by atoms with Crippen LogP contribution in [-0.4, -0.2) is 47.5 Å². The summed E-state index contributed by atoms with van der Waals surface area (Å²) < 4.78 is 30.0. The molecule has 0 aromatic carbocycles. The first-order valence-corrected chi connectivity index (χ1v) is 8.95. The molecule has 0 fully saturated rings. The Morgan fingerprint density at radius 3 is 2.48 bits per heavy atom. The minimum Gasteiger partial charge on any atom is -0.461 e. The number of hydrogen-bond donors (Lipinski definition) is 0. The number of esters is 1. The van der Waals surface area contributed by atoms with E-state index in [1.807, 2.05) is 20.8 Å². The van der Waals surface area contributed by atoms with E-state index in [1.165, 1.54) is 4.68 Å². The maximum atomic E-state index is 11.8. The molecule has 0 saturated carbocycles. The standard InChI is InChI=1S/C13H23N3O4S/c1-5-8-21(18,19)9-7-16-12(10(3)4)11(14-15-16)13(17)20-6-2/h10H,5-9H2,1-4H3. The summed E-state index contributed by atoms with van der Waals surface area (Å²) in [6.07, 6.45) is 0.588. The van der Waals surface area contributed by atoms with Crippen LogP contribution in [0.5, 0.6) is 0 Å². The van der Waals surface area contributed by atoms with Crippen molar-refractivity contribution in [1.29, 1.82) is 0 Å². The van der Waals surface area contributed by atoms with Crippen molar-refractivity contribution in [2.24, 2.45) is 0 Å². The molecule has 0 radical (unpaired) electrons. The smallest absolute Gasteiger partial charge is 0.360 e. The third-order valence-corrected chi connectivity index (χ3v) is 4.75. The molecule has 120 valence electrons. The van der Waals surface area contributed by atoms with E-state index in [9.17, 15) is 13.2 Å². The topological polar surface area (TPSA) is 91.1 Å². The Balaban J connectivity index is 2.96. The predicted octanol–water partition coefficient (Wildman–Crippen LogP) is 1.40. The van der Waals surface area contributed by atoms with Gasteiger partial charge in [0.25, 0.3) is 0 Å². The first kappa shape index (κ1) is 17.6. The van der Waals surface area contributed by atoms with Gasteiger partial charge < -0.3 is 4.74 Å². The van der Waals surface area contributed by atoms with Crippen LogP contribution in [0.4, 0.5) is 0 Å². The van der Waals surface area contributed by atoms with Gasteiger partial charge in [-0.05, 0) is 19.3 Å². The average molecular weight is 317 g/mol. The van der Waals surface area contributed by atoms with Gasteiger partial charge >= 0.3 is 5.97 Å². The molecule has 1 aromatic rings. The lowest BCUT2D eigenvalue weighted by atomic mass is 10.1. The number of carbonyl (C=O) groups is 1. The molecule has 0 unspecified atom stereocenters. The summed E-state index contributed by atoms with van der Waals surface area (Å²) in [5.41, 5.74) is 0.778. The molecule has 0 N–H and O–H groups in total. The monoisotopic (exact) mass is 317 g/mol. The fourth-order valence-electron chi connectivity index (χ4n) is 2.04. The van der Waals surface area contributed by atoms with Crippen molar-refractivity contribution in [2.75, 3.05) is 18.1 Å². The molecule has 0 atom stereocenters. The Hall–Kier alpha value is -1.44. The van der Waals surface area contributed by atoms with E-state index in [1.54, 1.807) is 6.92 Å². The molecule has 1 heterocycles. The van der Waals surface area contributed by atoms with Crippen LogP contribution in [0.1, 0.15) is 56.2 Å². The normalized spacial score (nSPS) is 11.9. The van der Waals surface area contributed by atoms with Crippen LogP contribution in [0.25, 0.3) is 0 Å². The minimum atomic E-state index is -3.10. The number of sulfone groups is 1. The van der Waals surface area contributed by atoms with Crippen LogP contribution in [0.3, 0.4) is 0 Å². The summed E-state index contributed by atoms with van der Waals surface area (Å²) in [6.45, 7) is 7.80. The van der Waals surface area contributed by atoms with E-state index in [2.05, 4.69) is 10.3 Å². The zero-order chi connectivity index (χ0) is 16.0. The van der Waals surface area contributed by atoms with Gasteiger partial charge in [-0.15, -0.1) is 5.10 Å². The summed E-state index contributed by atoms with van der Waals surface area (Å²) in [7, 11) is -3.10. The lowest BCUT2D eigenvalue weighted by molar-refractivity contribution is 0.0517. The van der Waals surface area contributed by atoms with E-state index < -0.39 is 15.8 Å². The molecule has 0 bridgehead atoms. The van der Waals surface area contributed by atoms with Gasteiger partial charge in [0.15, 0.2) is 15.5 Å². The van der Waals surface area contributed by atoms with Gasteiger partial charge in [0.05, 0.1) is 24.6 Å². The molecule has 0 aliphatic heterocycles. The van der Waals surface area contributed by atoms with Gasteiger partial charge in [0, 0.05) is 5.75 Å². The zero-order valence-corrected chi connectivity index (χ0v) is 13.8. The Bertz CT molecular complexity index is 578. The number of ether oxygens (including phenoxy) is 1. The van der Waals surface area contributed by atoms with Crippen molar-refractivity contribution >= 4 is 15.8 Å². The summed E-state index contributed by atoms with van der Waals surface area (Å²) in [5, 5.41) is 7.75. The molecule has 8 heteroatoms. The van der Waals surface area contributed by atoms with Crippen LogP contribution in [0.15, 0.2) is 0 Å². The van der Waals surface area contributed by atoms with Crippen LogP contribution in [0.2, 0.25) is 0 Å². The maximum Gasteiger partial charge on any atom is 0.360 e. The molecule has 0 amide bonds. The van der Waals surface area contributed by atoms with Crippen LogP contribution in [0, 0.1) is 0 Å². The second kappa shape index (κ2) is 7.53. The van der Waals surface area contributed by atoms with Gasteiger partial charge in [-0.2, -0.15) is 0 Å². The van der Waals surface area contributed by atoms with Gasteiger partial charge in [-0.25, -0.2) is 17.9 Å². The van der Waals surface area contributed by atoms with Crippen molar-refractivity contribution in [2.45, 2.75) is 46.6 Å². The van der Waals surface area contributed by atoms with Crippen LogP contribution >= 0.6 is 0 Å². The third kappa shape index (κ3) is 4.80. The molecule has 1 rings (SSSR count). The largest absolute Gasteiger partial charge is 0.461 e. The van der Waals surface area contributed by atoms with E-state index >= 15 is 0 Å². The summed E-state index contributed by atoms with van der Waals surface area (Å²) >= 11 is 0. The maximum absolute atomic E-state index is 11.8.